The van der Waals surface area contributed by atoms with Crippen LogP contribution in [-0.4, -0.2) is 20.9 Å². The Hall–Kier alpha value is -2.58. The first-order chi connectivity index (χ1) is 8.79. The van der Waals surface area contributed by atoms with E-state index in [4.69, 9.17) is 5.11 Å². The molecule has 0 aliphatic carbocycles. The zero-order valence-corrected chi connectivity index (χ0v) is 9.91. The molecule has 1 aromatic carbocycles. The first kappa shape index (κ1) is 16.4. The van der Waals surface area contributed by atoms with Crippen molar-refractivity contribution in [3.8, 4) is 0 Å². The fraction of sp³-hybridized carbons (Fsp3) is 0.300. The maximum absolute atomic E-state index is 12.6. The van der Waals surface area contributed by atoms with Crippen molar-refractivity contribution in [2.75, 3.05) is 0 Å². The van der Waals surface area contributed by atoms with Crippen molar-refractivity contribution in [2.45, 2.75) is 19.8 Å². The van der Waals surface area contributed by atoms with Gasteiger partial charge >= 0.3 is 11.7 Å². The van der Waals surface area contributed by atoms with Gasteiger partial charge in [-0.05, 0) is 12.5 Å². The molecule has 0 aromatic heterocycles. The molecule has 0 saturated carbocycles. The van der Waals surface area contributed by atoms with Gasteiger partial charge in [-0.1, -0.05) is 6.92 Å². The van der Waals surface area contributed by atoms with E-state index in [9.17, 15) is 29.4 Å². The van der Waals surface area contributed by atoms with E-state index in [2.05, 4.69) is 0 Å². The van der Waals surface area contributed by atoms with E-state index in [1.165, 1.54) is 0 Å². The number of nitro benzene ring substituents is 2. The van der Waals surface area contributed by atoms with E-state index < -0.39 is 33.0 Å². The average molecular weight is 274 g/mol. The fourth-order valence-electron chi connectivity index (χ4n) is 0.968. The van der Waals surface area contributed by atoms with Gasteiger partial charge in [0.25, 0.3) is 5.69 Å². The summed E-state index contributed by atoms with van der Waals surface area (Å²) >= 11 is 0. The largest absolute Gasteiger partial charge is 0.481 e. The third-order valence-corrected chi connectivity index (χ3v) is 1.80. The highest BCUT2D eigenvalue weighted by Crippen LogP contribution is 2.22. The van der Waals surface area contributed by atoms with Gasteiger partial charge < -0.3 is 5.11 Å². The van der Waals surface area contributed by atoms with Crippen LogP contribution in [0.2, 0.25) is 0 Å². The Kier molecular flexibility index (Phi) is 6.65. The molecule has 0 atom stereocenters. The van der Waals surface area contributed by atoms with E-state index in [1.807, 2.05) is 6.92 Å². The molecule has 0 unspecified atom stereocenters. The highest BCUT2D eigenvalue weighted by atomic mass is 19.1. The molecule has 1 rings (SSSR count). The lowest BCUT2D eigenvalue weighted by atomic mass is 10.3. The molecular formula is C10H11FN2O6. The van der Waals surface area contributed by atoms with Crippen LogP contribution in [0.4, 0.5) is 15.8 Å². The number of carbonyl (C=O) groups is 1. The van der Waals surface area contributed by atoms with Crippen LogP contribution >= 0.6 is 0 Å². The van der Waals surface area contributed by atoms with E-state index in [1.54, 1.807) is 0 Å². The molecule has 8 nitrogen and oxygen atoms in total. The van der Waals surface area contributed by atoms with Crippen LogP contribution in [0.1, 0.15) is 19.8 Å². The predicted octanol–water partition coefficient (Wildman–Crippen LogP) is 2.51. The number of hydrogen-bond donors (Lipinski definition) is 1. The van der Waals surface area contributed by atoms with Crippen LogP contribution in [0.15, 0.2) is 18.2 Å². The monoisotopic (exact) mass is 274 g/mol. The first-order valence-corrected chi connectivity index (χ1v) is 5.09. The second-order valence-corrected chi connectivity index (χ2v) is 3.29. The summed E-state index contributed by atoms with van der Waals surface area (Å²) in [6, 6.07) is 2.13. The smallest absolute Gasteiger partial charge is 0.311 e. The van der Waals surface area contributed by atoms with Crippen molar-refractivity contribution in [2.24, 2.45) is 0 Å². The summed E-state index contributed by atoms with van der Waals surface area (Å²) in [5.41, 5.74) is -1.40. The van der Waals surface area contributed by atoms with Gasteiger partial charge in [0.15, 0.2) is 0 Å². The summed E-state index contributed by atoms with van der Waals surface area (Å²) in [6.45, 7) is 1.84. The number of rotatable bonds is 4. The number of benzene rings is 1. The maximum atomic E-state index is 12.6. The molecule has 0 heterocycles. The number of carboxylic acid groups (broad SMARTS) is 1. The second kappa shape index (κ2) is 7.69. The number of hydrogen-bond acceptors (Lipinski definition) is 5. The van der Waals surface area contributed by atoms with Crippen LogP contribution in [-0.2, 0) is 4.79 Å². The molecule has 1 aromatic rings. The molecule has 104 valence electrons. The topological polar surface area (TPSA) is 124 Å². The van der Waals surface area contributed by atoms with Gasteiger partial charge in [-0.25, -0.2) is 0 Å². The third-order valence-electron chi connectivity index (χ3n) is 1.80. The normalized spacial score (nSPS) is 9.16. The molecule has 0 fully saturated rings. The molecule has 19 heavy (non-hydrogen) atoms. The number of halogens is 1. The minimum Gasteiger partial charge on any atom is -0.481 e. The van der Waals surface area contributed by atoms with E-state index in [0.29, 0.717) is 18.6 Å². The molecular weight excluding hydrogens is 263 g/mol. The first-order valence-electron chi connectivity index (χ1n) is 5.09. The van der Waals surface area contributed by atoms with Gasteiger partial charge in [-0.15, -0.1) is 0 Å². The Morgan fingerprint density at radius 3 is 2.21 bits per heavy atom. The highest BCUT2D eigenvalue weighted by Gasteiger charge is 2.18. The molecule has 0 aliphatic rings. The maximum Gasteiger partial charge on any atom is 0.311 e. The van der Waals surface area contributed by atoms with Crippen LogP contribution in [0.25, 0.3) is 0 Å². The number of non-ortho nitro benzene ring substituents is 1. The average Bonchev–Trinajstić information content (AvgIpc) is 2.29. The standard InChI is InChI=1S/C6H3FN2O4.C4H8O2/c7-5-2-1-4(8(10)11)3-6(5)9(12)13;1-2-3-4(5)6/h1-3H;2-3H2,1H3,(H,5,6). The molecule has 0 aliphatic heterocycles. The Bertz CT molecular complexity index is 491. The zero-order valence-electron chi connectivity index (χ0n) is 9.91. The minimum atomic E-state index is -1.09. The van der Waals surface area contributed by atoms with E-state index >= 15 is 0 Å². The Labute approximate surface area is 106 Å². The SMILES string of the molecule is CCCC(=O)O.O=[N+]([O-])c1ccc(F)c([N+](=O)[O-])c1. The van der Waals surface area contributed by atoms with Gasteiger partial charge in [0.05, 0.1) is 15.9 Å². The summed E-state index contributed by atoms with van der Waals surface area (Å²) in [4.78, 5) is 28.0. The number of nitro groups is 2. The van der Waals surface area contributed by atoms with E-state index in [0.717, 1.165) is 12.5 Å². The van der Waals surface area contributed by atoms with Crippen molar-refractivity contribution >= 4 is 17.3 Å². The lowest BCUT2D eigenvalue weighted by Crippen LogP contribution is -1.95. The summed E-state index contributed by atoms with van der Waals surface area (Å²) in [5.74, 6) is -1.80. The van der Waals surface area contributed by atoms with Crippen LogP contribution in [0.3, 0.4) is 0 Å². The molecule has 0 radical (unpaired) electrons. The van der Waals surface area contributed by atoms with Gasteiger partial charge in [0.2, 0.25) is 5.82 Å². The van der Waals surface area contributed by atoms with Gasteiger partial charge in [-0.2, -0.15) is 4.39 Å². The third kappa shape index (κ3) is 6.05. The molecule has 0 saturated heterocycles. The van der Waals surface area contributed by atoms with Gasteiger partial charge in [0.1, 0.15) is 0 Å². The minimum absolute atomic E-state index is 0.292. The Morgan fingerprint density at radius 2 is 1.89 bits per heavy atom. The van der Waals surface area contributed by atoms with Crippen LogP contribution in [0, 0.1) is 26.0 Å². The fourth-order valence-corrected chi connectivity index (χ4v) is 0.968. The second-order valence-electron chi connectivity index (χ2n) is 3.29. The number of aliphatic carboxylic acids is 1. The summed E-state index contributed by atoms with van der Waals surface area (Å²) in [6.07, 6.45) is 1.02. The van der Waals surface area contributed by atoms with Crippen molar-refractivity contribution in [1.82, 2.24) is 0 Å². The van der Waals surface area contributed by atoms with Crippen molar-refractivity contribution in [3.63, 3.8) is 0 Å². The van der Waals surface area contributed by atoms with Crippen molar-refractivity contribution < 1.29 is 24.1 Å². The number of carboxylic acids is 1. The zero-order chi connectivity index (χ0) is 15.0. The van der Waals surface area contributed by atoms with Crippen molar-refractivity contribution in [1.29, 1.82) is 0 Å². The molecule has 0 amide bonds. The molecule has 0 bridgehead atoms. The summed E-state index contributed by atoms with van der Waals surface area (Å²) < 4.78 is 12.6. The predicted molar refractivity (Wildman–Crippen MR) is 62.3 cm³/mol. The van der Waals surface area contributed by atoms with Crippen LogP contribution in [0.5, 0.6) is 0 Å². The molecule has 0 spiro atoms. The Balaban J connectivity index is 0.000000459. The Morgan fingerprint density at radius 1 is 1.32 bits per heavy atom. The lowest BCUT2D eigenvalue weighted by Gasteiger charge is -1.93. The highest BCUT2D eigenvalue weighted by molar-refractivity contribution is 5.66. The molecule has 9 heteroatoms. The quantitative estimate of drug-likeness (QED) is 0.664. The van der Waals surface area contributed by atoms with E-state index in [-0.39, 0.29) is 0 Å². The number of nitrogens with zero attached hydrogens (tertiary/aromatic N) is 2. The van der Waals surface area contributed by atoms with Gasteiger partial charge in [-0.3, -0.25) is 25.0 Å². The lowest BCUT2D eigenvalue weighted by molar-refractivity contribution is -0.395. The molecule has 1 N–H and O–H groups in total. The van der Waals surface area contributed by atoms with Gasteiger partial charge in [0, 0.05) is 12.5 Å². The summed E-state index contributed by atoms with van der Waals surface area (Å²) in [5, 5.41) is 28.2. The van der Waals surface area contributed by atoms with Crippen molar-refractivity contribution in [3.05, 3.63) is 44.2 Å². The van der Waals surface area contributed by atoms with Crippen LogP contribution < -0.4 is 0 Å². The summed E-state index contributed by atoms with van der Waals surface area (Å²) in [7, 11) is 0.